The molecule has 1 aromatic carbocycles. The third-order valence-corrected chi connectivity index (χ3v) is 2.37. The number of hydrogen-bond donors (Lipinski definition) is 2. The molecule has 0 aliphatic heterocycles. The maximum Gasteiger partial charge on any atom is 0.418 e. The molecule has 0 aliphatic rings. The molecule has 6 heteroatoms. The first-order valence-corrected chi connectivity index (χ1v) is 5.38. The molecule has 1 unspecified atom stereocenters. The van der Waals surface area contributed by atoms with Gasteiger partial charge in [-0.05, 0) is 25.1 Å². The molecule has 0 spiro atoms. The van der Waals surface area contributed by atoms with Gasteiger partial charge in [0.1, 0.15) is 0 Å². The normalized spacial score (nSPS) is 13.6. The van der Waals surface area contributed by atoms with Crippen molar-refractivity contribution >= 4 is 21.6 Å². The minimum absolute atomic E-state index is 0.0309. The number of anilines is 1. The summed E-state index contributed by atoms with van der Waals surface area (Å²) in [6, 6.07) is 3.85. The zero-order chi connectivity index (χ0) is 12.3. The summed E-state index contributed by atoms with van der Waals surface area (Å²) in [6.45, 7) is 1.57. The molecule has 0 aliphatic carbocycles. The summed E-state index contributed by atoms with van der Waals surface area (Å²) in [6.07, 6.45) is -5.12. The number of rotatable bonds is 3. The molecule has 90 valence electrons. The molecule has 16 heavy (non-hydrogen) atoms. The second kappa shape index (κ2) is 5.05. The van der Waals surface area contributed by atoms with Gasteiger partial charge < -0.3 is 10.4 Å². The van der Waals surface area contributed by atoms with E-state index in [0.717, 1.165) is 6.07 Å². The van der Waals surface area contributed by atoms with Gasteiger partial charge >= 0.3 is 6.18 Å². The van der Waals surface area contributed by atoms with Crippen molar-refractivity contribution < 1.29 is 18.3 Å². The maximum atomic E-state index is 12.6. The summed E-state index contributed by atoms with van der Waals surface area (Å²) >= 11 is 2.99. The third-order valence-electron chi connectivity index (χ3n) is 1.87. The molecular formula is C10H11BrF3NO. The van der Waals surface area contributed by atoms with Crippen LogP contribution in [0.5, 0.6) is 0 Å². The van der Waals surface area contributed by atoms with E-state index >= 15 is 0 Å². The van der Waals surface area contributed by atoms with Crippen LogP contribution >= 0.6 is 15.9 Å². The molecule has 0 heterocycles. The van der Waals surface area contributed by atoms with E-state index in [1.807, 2.05) is 0 Å². The van der Waals surface area contributed by atoms with Gasteiger partial charge in [-0.2, -0.15) is 13.2 Å². The fraction of sp³-hybridized carbons (Fsp3) is 0.400. The fourth-order valence-electron chi connectivity index (χ4n) is 1.16. The summed E-state index contributed by atoms with van der Waals surface area (Å²) in [7, 11) is 0. The molecule has 0 saturated heterocycles. The zero-order valence-electron chi connectivity index (χ0n) is 8.48. The molecule has 2 nitrogen and oxygen atoms in total. The molecule has 1 atom stereocenters. The SMILES string of the molecule is CC(O)CNc1ccc(Br)cc1C(F)(F)F. The first-order chi connectivity index (χ1) is 7.30. The van der Waals surface area contributed by atoms with E-state index in [0.29, 0.717) is 4.47 Å². The highest BCUT2D eigenvalue weighted by Gasteiger charge is 2.33. The Bertz CT molecular complexity index is 366. The van der Waals surface area contributed by atoms with Gasteiger partial charge in [0.05, 0.1) is 11.7 Å². The Morgan fingerprint density at radius 1 is 1.44 bits per heavy atom. The molecule has 0 amide bonds. The highest BCUT2D eigenvalue weighted by Crippen LogP contribution is 2.36. The van der Waals surface area contributed by atoms with E-state index < -0.39 is 17.8 Å². The minimum atomic E-state index is -4.41. The Morgan fingerprint density at radius 2 is 2.06 bits per heavy atom. The van der Waals surface area contributed by atoms with Crippen LogP contribution in [0.15, 0.2) is 22.7 Å². The number of aliphatic hydroxyl groups excluding tert-OH is 1. The van der Waals surface area contributed by atoms with Crippen LogP contribution in [0.25, 0.3) is 0 Å². The molecule has 0 radical (unpaired) electrons. The van der Waals surface area contributed by atoms with Crippen molar-refractivity contribution in [3.8, 4) is 0 Å². The molecule has 0 saturated carbocycles. The maximum absolute atomic E-state index is 12.6. The van der Waals surface area contributed by atoms with Gasteiger partial charge in [0.2, 0.25) is 0 Å². The van der Waals surface area contributed by atoms with Crippen LogP contribution in [-0.2, 0) is 6.18 Å². The predicted octanol–water partition coefficient (Wildman–Crippen LogP) is 3.26. The van der Waals surface area contributed by atoms with Crippen LogP contribution in [0.1, 0.15) is 12.5 Å². The van der Waals surface area contributed by atoms with E-state index in [4.69, 9.17) is 5.11 Å². The summed E-state index contributed by atoms with van der Waals surface area (Å²) in [5, 5.41) is 11.6. The molecule has 0 bridgehead atoms. The highest BCUT2D eigenvalue weighted by atomic mass is 79.9. The van der Waals surface area contributed by atoms with Crippen LogP contribution < -0.4 is 5.32 Å². The van der Waals surface area contributed by atoms with Crippen molar-refractivity contribution in [3.05, 3.63) is 28.2 Å². The molecule has 0 fully saturated rings. The molecule has 2 N–H and O–H groups in total. The van der Waals surface area contributed by atoms with E-state index in [1.54, 1.807) is 0 Å². The van der Waals surface area contributed by atoms with Crippen LogP contribution in [0.4, 0.5) is 18.9 Å². The number of benzene rings is 1. The fourth-order valence-corrected chi connectivity index (χ4v) is 1.52. The first kappa shape index (κ1) is 13.3. The second-order valence-electron chi connectivity index (χ2n) is 3.42. The third kappa shape index (κ3) is 3.68. The van der Waals surface area contributed by atoms with Crippen LogP contribution in [0, 0.1) is 0 Å². The smallest absolute Gasteiger partial charge is 0.392 e. The Kier molecular flexibility index (Phi) is 4.21. The highest BCUT2D eigenvalue weighted by molar-refractivity contribution is 9.10. The largest absolute Gasteiger partial charge is 0.418 e. The van der Waals surface area contributed by atoms with Crippen LogP contribution in [0.3, 0.4) is 0 Å². The predicted molar refractivity (Wildman–Crippen MR) is 59.3 cm³/mol. The van der Waals surface area contributed by atoms with Gasteiger partial charge in [-0.3, -0.25) is 0 Å². The van der Waals surface area contributed by atoms with Crippen molar-refractivity contribution in [3.63, 3.8) is 0 Å². The number of nitrogens with one attached hydrogen (secondary N) is 1. The van der Waals surface area contributed by atoms with Crippen molar-refractivity contribution in [2.24, 2.45) is 0 Å². The minimum Gasteiger partial charge on any atom is -0.392 e. The monoisotopic (exact) mass is 297 g/mol. The Balaban J connectivity index is 2.99. The second-order valence-corrected chi connectivity index (χ2v) is 4.33. The van der Waals surface area contributed by atoms with Gasteiger partial charge in [-0.15, -0.1) is 0 Å². The first-order valence-electron chi connectivity index (χ1n) is 4.59. The lowest BCUT2D eigenvalue weighted by Gasteiger charge is -2.15. The average molecular weight is 298 g/mol. The summed E-state index contributed by atoms with van der Waals surface area (Å²) in [4.78, 5) is 0. The van der Waals surface area contributed by atoms with E-state index in [-0.39, 0.29) is 12.2 Å². The number of alkyl halides is 3. The molecule has 1 aromatic rings. The van der Waals surface area contributed by atoms with Crippen molar-refractivity contribution in [2.45, 2.75) is 19.2 Å². The number of aliphatic hydroxyl groups is 1. The summed E-state index contributed by atoms with van der Waals surface area (Å²) < 4.78 is 38.3. The Morgan fingerprint density at radius 3 is 2.56 bits per heavy atom. The van der Waals surface area contributed by atoms with Crippen LogP contribution in [0.2, 0.25) is 0 Å². The van der Waals surface area contributed by atoms with Crippen molar-refractivity contribution in [2.75, 3.05) is 11.9 Å². The summed E-state index contributed by atoms with van der Waals surface area (Å²) in [5.74, 6) is 0. The topological polar surface area (TPSA) is 32.3 Å². The van der Waals surface area contributed by atoms with Crippen molar-refractivity contribution in [1.82, 2.24) is 0 Å². The van der Waals surface area contributed by atoms with Gasteiger partial charge in [0, 0.05) is 16.7 Å². The van der Waals surface area contributed by atoms with Gasteiger partial charge in [0.25, 0.3) is 0 Å². The molecular weight excluding hydrogens is 287 g/mol. The molecule has 1 rings (SSSR count). The lowest BCUT2D eigenvalue weighted by molar-refractivity contribution is -0.137. The lowest BCUT2D eigenvalue weighted by Crippen LogP contribution is -2.18. The quantitative estimate of drug-likeness (QED) is 0.897. The summed E-state index contributed by atoms with van der Waals surface area (Å²) in [5.41, 5.74) is -0.779. The Hall–Kier alpha value is -0.750. The number of hydrogen-bond acceptors (Lipinski definition) is 2. The van der Waals surface area contributed by atoms with E-state index in [1.165, 1.54) is 19.1 Å². The van der Waals surface area contributed by atoms with Gasteiger partial charge in [-0.25, -0.2) is 0 Å². The zero-order valence-corrected chi connectivity index (χ0v) is 10.1. The standard InChI is InChI=1S/C10H11BrF3NO/c1-6(16)5-15-9-3-2-7(11)4-8(9)10(12,13)14/h2-4,6,15-16H,5H2,1H3. The lowest BCUT2D eigenvalue weighted by atomic mass is 10.1. The van der Waals surface area contributed by atoms with E-state index in [9.17, 15) is 13.2 Å². The van der Waals surface area contributed by atoms with Gasteiger partial charge in [0.15, 0.2) is 0 Å². The van der Waals surface area contributed by atoms with Crippen molar-refractivity contribution in [1.29, 1.82) is 0 Å². The van der Waals surface area contributed by atoms with Gasteiger partial charge in [-0.1, -0.05) is 15.9 Å². The van der Waals surface area contributed by atoms with E-state index in [2.05, 4.69) is 21.2 Å². The Labute approximate surface area is 99.6 Å². The van der Waals surface area contributed by atoms with Crippen LogP contribution in [-0.4, -0.2) is 17.8 Å². The number of halogens is 4. The average Bonchev–Trinajstić information content (AvgIpc) is 2.14. The molecule has 0 aromatic heterocycles.